The molecule has 1 aromatic carbocycles. The topological polar surface area (TPSA) is 67.3 Å². The van der Waals surface area contributed by atoms with Gasteiger partial charge in [-0.2, -0.15) is 0 Å². The molecule has 0 spiro atoms. The SMILES string of the molecule is COc1cccc2sc(N3CC(C(=O)NCc4ccncc4)C3)nc12. The Balaban J connectivity index is 1.36. The molecule has 1 aliphatic rings. The number of thiazole rings is 1. The number of anilines is 1. The smallest absolute Gasteiger partial charge is 0.226 e. The fraction of sp³-hybridized carbons (Fsp3) is 0.278. The zero-order valence-corrected chi connectivity index (χ0v) is 14.6. The molecule has 1 amide bonds. The van der Waals surface area contributed by atoms with Gasteiger partial charge in [-0.25, -0.2) is 4.98 Å². The molecule has 0 aliphatic carbocycles. The molecule has 1 N–H and O–H groups in total. The number of nitrogens with one attached hydrogen (secondary N) is 1. The minimum absolute atomic E-state index is 0.00995. The highest BCUT2D eigenvalue weighted by molar-refractivity contribution is 7.22. The van der Waals surface area contributed by atoms with E-state index in [9.17, 15) is 4.79 Å². The molecular formula is C18H18N4O2S. The van der Waals surface area contributed by atoms with Gasteiger partial charge < -0.3 is 15.0 Å². The van der Waals surface area contributed by atoms with E-state index in [2.05, 4.69) is 20.2 Å². The molecule has 3 heterocycles. The molecule has 0 bridgehead atoms. The molecule has 4 rings (SSSR count). The van der Waals surface area contributed by atoms with E-state index in [1.807, 2.05) is 30.3 Å². The van der Waals surface area contributed by atoms with Crippen molar-refractivity contribution in [3.8, 4) is 5.75 Å². The summed E-state index contributed by atoms with van der Waals surface area (Å²) in [6.07, 6.45) is 3.46. The van der Waals surface area contributed by atoms with Gasteiger partial charge in [-0.15, -0.1) is 0 Å². The second kappa shape index (κ2) is 6.68. The minimum Gasteiger partial charge on any atom is -0.494 e. The lowest BCUT2D eigenvalue weighted by Crippen LogP contribution is -2.53. The predicted molar refractivity (Wildman–Crippen MR) is 98.0 cm³/mol. The van der Waals surface area contributed by atoms with Crippen LogP contribution in [0.3, 0.4) is 0 Å². The van der Waals surface area contributed by atoms with E-state index < -0.39 is 0 Å². The third-order valence-electron chi connectivity index (χ3n) is 4.33. The molecule has 7 heteroatoms. The highest BCUT2D eigenvalue weighted by Crippen LogP contribution is 2.36. The Kier molecular flexibility index (Phi) is 4.23. The first kappa shape index (κ1) is 15.8. The molecule has 128 valence electrons. The van der Waals surface area contributed by atoms with Gasteiger partial charge in [0.15, 0.2) is 5.13 Å². The second-order valence-corrected chi connectivity index (χ2v) is 6.99. The molecule has 6 nitrogen and oxygen atoms in total. The molecule has 2 aromatic heterocycles. The summed E-state index contributed by atoms with van der Waals surface area (Å²) in [5, 5.41) is 3.93. The molecule has 3 aromatic rings. The number of carbonyl (C=O) groups excluding carboxylic acids is 1. The number of carbonyl (C=O) groups is 1. The Bertz CT molecular complexity index is 890. The van der Waals surface area contributed by atoms with E-state index in [1.54, 1.807) is 30.8 Å². The number of para-hydroxylation sites is 1. The van der Waals surface area contributed by atoms with Gasteiger partial charge in [-0.05, 0) is 29.8 Å². The summed E-state index contributed by atoms with van der Waals surface area (Å²) in [5.74, 6) is 0.884. The number of methoxy groups -OCH3 is 1. The molecule has 0 atom stereocenters. The highest BCUT2D eigenvalue weighted by Gasteiger charge is 2.34. The summed E-state index contributed by atoms with van der Waals surface area (Å²) in [7, 11) is 1.65. The summed E-state index contributed by atoms with van der Waals surface area (Å²) in [5.41, 5.74) is 1.94. The van der Waals surface area contributed by atoms with Crippen LogP contribution >= 0.6 is 11.3 Å². The van der Waals surface area contributed by atoms with Crippen LogP contribution in [0, 0.1) is 5.92 Å². The van der Waals surface area contributed by atoms with Crippen molar-refractivity contribution in [1.29, 1.82) is 0 Å². The Morgan fingerprint density at radius 2 is 2.12 bits per heavy atom. The van der Waals surface area contributed by atoms with E-state index in [0.717, 1.165) is 26.7 Å². The zero-order chi connectivity index (χ0) is 17.2. The van der Waals surface area contributed by atoms with E-state index in [-0.39, 0.29) is 11.8 Å². The van der Waals surface area contributed by atoms with Crippen molar-refractivity contribution in [1.82, 2.24) is 15.3 Å². The third-order valence-corrected chi connectivity index (χ3v) is 5.41. The van der Waals surface area contributed by atoms with Crippen molar-refractivity contribution in [2.24, 2.45) is 5.92 Å². The first-order valence-electron chi connectivity index (χ1n) is 8.09. The van der Waals surface area contributed by atoms with Crippen molar-refractivity contribution in [2.45, 2.75) is 6.54 Å². The lowest BCUT2D eigenvalue weighted by molar-refractivity contribution is -0.125. The molecule has 1 fully saturated rings. The number of aromatic nitrogens is 2. The second-order valence-electron chi connectivity index (χ2n) is 5.98. The van der Waals surface area contributed by atoms with Crippen molar-refractivity contribution in [3.05, 3.63) is 48.3 Å². The maximum atomic E-state index is 12.3. The van der Waals surface area contributed by atoms with Crippen LogP contribution in [-0.4, -0.2) is 36.1 Å². The van der Waals surface area contributed by atoms with Gasteiger partial charge in [-0.1, -0.05) is 17.4 Å². The average Bonchev–Trinajstić information content (AvgIpc) is 3.03. The lowest BCUT2D eigenvalue weighted by Gasteiger charge is -2.37. The maximum absolute atomic E-state index is 12.3. The maximum Gasteiger partial charge on any atom is 0.226 e. The summed E-state index contributed by atoms with van der Waals surface area (Å²) >= 11 is 1.63. The van der Waals surface area contributed by atoms with E-state index in [0.29, 0.717) is 19.6 Å². The molecule has 0 radical (unpaired) electrons. The van der Waals surface area contributed by atoms with Crippen LogP contribution in [0.15, 0.2) is 42.7 Å². The summed E-state index contributed by atoms with van der Waals surface area (Å²) in [6.45, 7) is 1.94. The Labute approximate surface area is 149 Å². The predicted octanol–water partition coefficient (Wildman–Crippen LogP) is 2.45. The summed E-state index contributed by atoms with van der Waals surface area (Å²) < 4.78 is 6.46. The molecular weight excluding hydrogens is 336 g/mol. The van der Waals surface area contributed by atoms with Crippen molar-refractivity contribution in [2.75, 3.05) is 25.1 Å². The minimum atomic E-state index is 0.00995. The van der Waals surface area contributed by atoms with Gasteiger partial charge in [0, 0.05) is 32.0 Å². The normalized spacial score (nSPS) is 14.4. The van der Waals surface area contributed by atoms with Crippen LogP contribution in [-0.2, 0) is 11.3 Å². The van der Waals surface area contributed by atoms with E-state index in [4.69, 9.17) is 4.74 Å². The Morgan fingerprint density at radius 1 is 1.32 bits per heavy atom. The summed E-state index contributed by atoms with van der Waals surface area (Å²) in [4.78, 5) is 23.0. The molecule has 0 saturated carbocycles. The van der Waals surface area contributed by atoms with Gasteiger partial charge in [-0.3, -0.25) is 9.78 Å². The van der Waals surface area contributed by atoms with Crippen LogP contribution in [0.2, 0.25) is 0 Å². The monoisotopic (exact) mass is 354 g/mol. The number of benzene rings is 1. The van der Waals surface area contributed by atoms with Crippen LogP contribution in [0.1, 0.15) is 5.56 Å². The standard InChI is InChI=1S/C18H18N4O2S/c1-24-14-3-2-4-15-16(14)21-18(25-15)22-10-13(11-22)17(23)20-9-12-5-7-19-8-6-12/h2-8,13H,9-11H2,1H3,(H,20,23). The van der Waals surface area contributed by atoms with Gasteiger partial charge in [0.25, 0.3) is 0 Å². The van der Waals surface area contributed by atoms with Gasteiger partial charge >= 0.3 is 0 Å². The first-order valence-corrected chi connectivity index (χ1v) is 8.91. The third kappa shape index (κ3) is 3.15. The number of rotatable bonds is 5. The van der Waals surface area contributed by atoms with Crippen LogP contribution in [0.25, 0.3) is 10.2 Å². The largest absolute Gasteiger partial charge is 0.494 e. The van der Waals surface area contributed by atoms with Crippen molar-refractivity contribution < 1.29 is 9.53 Å². The zero-order valence-electron chi connectivity index (χ0n) is 13.8. The lowest BCUT2D eigenvalue weighted by atomic mass is 10.00. The van der Waals surface area contributed by atoms with Crippen LogP contribution in [0.4, 0.5) is 5.13 Å². The quantitative estimate of drug-likeness (QED) is 0.762. The number of hydrogen-bond acceptors (Lipinski definition) is 6. The number of hydrogen-bond donors (Lipinski definition) is 1. The van der Waals surface area contributed by atoms with Crippen LogP contribution in [0.5, 0.6) is 5.75 Å². The number of fused-ring (bicyclic) bond motifs is 1. The van der Waals surface area contributed by atoms with Crippen molar-refractivity contribution >= 4 is 32.6 Å². The molecule has 1 aliphatic heterocycles. The van der Waals surface area contributed by atoms with Gasteiger partial charge in [0.05, 0.1) is 17.7 Å². The van der Waals surface area contributed by atoms with E-state index in [1.165, 1.54) is 0 Å². The van der Waals surface area contributed by atoms with Crippen LogP contribution < -0.4 is 15.0 Å². The number of pyridine rings is 1. The molecule has 25 heavy (non-hydrogen) atoms. The number of nitrogens with zero attached hydrogens (tertiary/aromatic N) is 3. The fourth-order valence-corrected chi connectivity index (χ4v) is 3.85. The summed E-state index contributed by atoms with van der Waals surface area (Å²) in [6, 6.07) is 9.73. The van der Waals surface area contributed by atoms with E-state index >= 15 is 0 Å². The number of ether oxygens (including phenoxy) is 1. The average molecular weight is 354 g/mol. The van der Waals surface area contributed by atoms with Gasteiger partial charge in [0.2, 0.25) is 5.91 Å². The first-order chi connectivity index (χ1) is 12.2. The van der Waals surface area contributed by atoms with Crippen molar-refractivity contribution in [3.63, 3.8) is 0 Å². The van der Waals surface area contributed by atoms with Gasteiger partial charge in [0.1, 0.15) is 11.3 Å². The highest BCUT2D eigenvalue weighted by atomic mass is 32.1. The Hall–Kier alpha value is -2.67. The fourth-order valence-electron chi connectivity index (χ4n) is 2.85. The molecule has 0 unspecified atom stereocenters. The Morgan fingerprint density at radius 3 is 2.88 bits per heavy atom. The molecule has 1 saturated heterocycles. The number of amides is 1.